The van der Waals surface area contributed by atoms with Gasteiger partial charge in [-0.05, 0) is 57.0 Å². The van der Waals surface area contributed by atoms with E-state index in [9.17, 15) is 0 Å². The first-order valence-electron chi connectivity index (χ1n) is 9.34. The van der Waals surface area contributed by atoms with Gasteiger partial charge >= 0.3 is 0 Å². The largest absolute Gasteiger partial charge is 0.363 e. The van der Waals surface area contributed by atoms with Crippen molar-refractivity contribution in [1.82, 2.24) is 15.8 Å². The van der Waals surface area contributed by atoms with Crippen molar-refractivity contribution < 1.29 is 4.52 Å². The van der Waals surface area contributed by atoms with Gasteiger partial charge in [0.2, 0.25) is 0 Å². The molecule has 0 aliphatic carbocycles. The molecular formula is C19H30IN5OS. The van der Waals surface area contributed by atoms with Crippen LogP contribution in [0.3, 0.4) is 0 Å². The summed E-state index contributed by atoms with van der Waals surface area (Å²) in [5, 5.41) is 14.5. The lowest BCUT2D eigenvalue weighted by atomic mass is 10.1. The van der Waals surface area contributed by atoms with Crippen molar-refractivity contribution in [2.45, 2.75) is 45.6 Å². The first-order chi connectivity index (χ1) is 12.7. The van der Waals surface area contributed by atoms with Crippen molar-refractivity contribution >= 4 is 46.3 Å². The van der Waals surface area contributed by atoms with E-state index in [-0.39, 0.29) is 24.0 Å². The van der Waals surface area contributed by atoms with Gasteiger partial charge in [0.1, 0.15) is 5.76 Å². The number of rotatable bonds is 6. The third kappa shape index (κ3) is 6.10. The minimum Gasteiger partial charge on any atom is -0.363 e. The number of aryl methyl sites for hydroxylation is 2. The molecule has 2 N–H and O–H groups in total. The molecule has 8 heteroatoms. The highest BCUT2D eigenvalue weighted by Crippen LogP contribution is 2.24. The number of halogens is 1. The number of hydrogen-bond acceptors (Lipinski definition) is 5. The Labute approximate surface area is 182 Å². The first kappa shape index (κ1) is 22.0. The Morgan fingerprint density at radius 2 is 2.15 bits per heavy atom. The molecule has 0 saturated carbocycles. The fourth-order valence-corrected chi connectivity index (χ4v) is 4.20. The van der Waals surface area contributed by atoms with E-state index in [4.69, 9.17) is 4.52 Å². The zero-order chi connectivity index (χ0) is 18.4. The Morgan fingerprint density at radius 1 is 1.37 bits per heavy atom. The summed E-state index contributed by atoms with van der Waals surface area (Å²) in [6.45, 7) is 7.06. The quantitative estimate of drug-likeness (QED) is 0.272. The first-order valence-corrected chi connectivity index (χ1v) is 10.2. The molecule has 1 fully saturated rings. The van der Waals surface area contributed by atoms with Gasteiger partial charge in [-0.15, -0.1) is 35.3 Å². The summed E-state index contributed by atoms with van der Waals surface area (Å²) < 4.78 is 5.22. The fourth-order valence-electron chi connectivity index (χ4n) is 3.41. The van der Waals surface area contributed by atoms with Crippen LogP contribution in [0.15, 0.2) is 27.0 Å². The van der Waals surface area contributed by atoms with Crippen LogP contribution in [0.1, 0.15) is 36.3 Å². The topological polar surface area (TPSA) is 65.7 Å². The molecule has 0 bridgehead atoms. The molecule has 3 rings (SSSR count). The van der Waals surface area contributed by atoms with E-state index in [0.29, 0.717) is 6.04 Å². The van der Waals surface area contributed by atoms with Crippen molar-refractivity contribution in [3.8, 4) is 0 Å². The monoisotopic (exact) mass is 503 g/mol. The second-order valence-corrected chi connectivity index (χ2v) is 7.69. The molecule has 0 radical (unpaired) electrons. The van der Waals surface area contributed by atoms with E-state index in [1.54, 1.807) is 0 Å². The third-order valence-electron chi connectivity index (χ3n) is 4.95. The summed E-state index contributed by atoms with van der Waals surface area (Å²) in [6.07, 6.45) is 4.28. The van der Waals surface area contributed by atoms with Gasteiger partial charge in [-0.2, -0.15) is 0 Å². The molecule has 0 spiro atoms. The van der Waals surface area contributed by atoms with Crippen LogP contribution in [0.25, 0.3) is 0 Å². The summed E-state index contributed by atoms with van der Waals surface area (Å²) in [5.41, 5.74) is 2.23. The maximum atomic E-state index is 5.22. The Hall–Kier alpha value is -1.29. The number of aromatic nitrogens is 1. The van der Waals surface area contributed by atoms with Crippen LogP contribution in [0, 0.1) is 13.8 Å². The molecule has 0 amide bonds. The second-order valence-electron chi connectivity index (χ2n) is 6.76. The second kappa shape index (κ2) is 10.9. The predicted molar refractivity (Wildman–Crippen MR) is 124 cm³/mol. The van der Waals surface area contributed by atoms with Crippen LogP contribution in [0.5, 0.6) is 0 Å². The van der Waals surface area contributed by atoms with Gasteiger partial charge in [-0.1, -0.05) is 5.16 Å². The van der Waals surface area contributed by atoms with Crippen molar-refractivity contribution in [2.24, 2.45) is 4.99 Å². The molecular weight excluding hydrogens is 473 g/mol. The Bertz CT molecular complexity index is 688. The van der Waals surface area contributed by atoms with Gasteiger partial charge < -0.3 is 20.1 Å². The van der Waals surface area contributed by atoms with Gasteiger partial charge in [0.05, 0.1) is 10.7 Å². The van der Waals surface area contributed by atoms with E-state index >= 15 is 0 Å². The number of anilines is 1. The lowest BCUT2D eigenvalue weighted by molar-refractivity contribution is 0.392. The summed E-state index contributed by atoms with van der Waals surface area (Å²) in [7, 11) is 1.84. The van der Waals surface area contributed by atoms with E-state index in [0.717, 1.165) is 62.7 Å². The molecule has 27 heavy (non-hydrogen) atoms. The third-order valence-corrected chi connectivity index (χ3v) is 5.88. The summed E-state index contributed by atoms with van der Waals surface area (Å²) in [6, 6.07) is 4.82. The van der Waals surface area contributed by atoms with E-state index in [2.05, 4.69) is 43.2 Å². The fraction of sp³-hybridized carbons (Fsp3) is 0.579. The smallest absolute Gasteiger partial charge is 0.191 e. The molecule has 2 aromatic rings. The summed E-state index contributed by atoms with van der Waals surface area (Å²) in [4.78, 5) is 6.85. The number of nitrogens with zero attached hydrogens (tertiary/aromatic N) is 3. The Morgan fingerprint density at radius 3 is 2.74 bits per heavy atom. The van der Waals surface area contributed by atoms with Crippen LogP contribution in [-0.2, 0) is 6.42 Å². The zero-order valence-electron chi connectivity index (χ0n) is 16.3. The molecule has 0 unspecified atom stereocenters. The molecule has 2 aromatic heterocycles. The van der Waals surface area contributed by atoms with Crippen LogP contribution >= 0.6 is 35.3 Å². The van der Waals surface area contributed by atoms with Crippen LogP contribution < -0.4 is 15.5 Å². The highest BCUT2D eigenvalue weighted by atomic mass is 127. The number of nitrogens with one attached hydrogen (secondary N) is 2. The predicted octanol–water partition coefficient (Wildman–Crippen LogP) is 3.74. The number of guanidine groups is 1. The molecule has 6 nitrogen and oxygen atoms in total. The average Bonchev–Trinajstić information content (AvgIpc) is 3.30. The van der Waals surface area contributed by atoms with Crippen LogP contribution in [-0.4, -0.2) is 43.8 Å². The molecule has 0 aromatic carbocycles. The number of piperidine rings is 1. The van der Waals surface area contributed by atoms with E-state index in [1.165, 1.54) is 10.6 Å². The van der Waals surface area contributed by atoms with Crippen molar-refractivity contribution in [2.75, 3.05) is 31.6 Å². The van der Waals surface area contributed by atoms with Crippen LogP contribution in [0.4, 0.5) is 5.00 Å². The maximum absolute atomic E-state index is 5.22. The van der Waals surface area contributed by atoms with Gasteiger partial charge in [-0.25, -0.2) is 0 Å². The van der Waals surface area contributed by atoms with Crippen LogP contribution in [0.2, 0.25) is 0 Å². The molecule has 1 saturated heterocycles. The van der Waals surface area contributed by atoms with Crippen molar-refractivity contribution in [3.63, 3.8) is 0 Å². The zero-order valence-corrected chi connectivity index (χ0v) is 19.5. The summed E-state index contributed by atoms with van der Waals surface area (Å²) in [5.74, 6) is 1.83. The minimum absolute atomic E-state index is 0. The SMILES string of the molecule is CN=C(NCCCc1c(C)noc1C)NC1CCN(c2cccs2)CC1.I. The Kier molecular flexibility index (Phi) is 8.88. The molecule has 1 aliphatic heterocycles. The maximum Gasteiger partial charge on any atom is 0.191 e. The van der Waals surface area contributed by atoms with E-state index < -0.39 is 0 Å². The molecule has 0 atom stereocenters. The number of aliphatic imine (C=N–C) groups is 1. The van der Waals surface area contributed by atoms with Gasteiger partial charge in [0.15, 0.2) is 5.96 Å². The van der Waals surface area contributed by atoms with E-state index in [1.807, 2.05) is 32.2 Å². The average molecular weight is 503 g/mol. The van der Waals surface area contributed by atoms with Gasteiger partial charge in [0.25, 0.3) is 0 Å². The highest BCUT2D eigenvalue weighted by Gasteiger charge is 2.20. The highest BCUT2D eigenvalue weighted by molar-refractivity contribution is 14.0. The number of thiophene rings is 1. The lowest BCUT2D eigenvalue weighted by Gasteiger charge is -2.33. The summed E-state index contributed by atoms with van der Waals surface area (Å²) >= 11 is 1.82. The molecule has 1 aliphatic rings. The van der Waals surface area contributed by atoms with Gasteiger partial charge in [-0.3, -0.25) is 4.99 Å². The lowest BCUT2D eigenvalue weighted by Crippen LogP contribution is -2.48. The molecule has 150 valence electrons. The minimum atomic E-state index is 0. The van der Waals surface area contributed by atoms with Crippen molar-refractivity contribution in [3.05, 3.63) is 34.5 Å². The number of hydrogen-bond donors (Lipinski definition) is 2. The standard InChI is InChI=1S/C19H29N5OS.HI/c1-14-17(15(2)25-23-14)6-4-10-21-19(20-3)22-16-8-11-24(12-9-16)18-7-5-13-26-18;/h5,7,13,16H,4,6,8-12H2,1-3H3,(H2,20,21,22);1H. The Balaban J connectivity index is 0.00000261. The molecule has 3 heterocycles. The normalized spacial score (nSPS) is 15.5. The van der Waals surface area contributed by atoms with Crippen molar-refractivity contribution in [1.29, 1.82) is 0 Å². The van der Waals surface area contributed by atoms with Gasteiger partial charge in [0, 0.05) is 38.3 Å².